The van der Waals surface area contributed by atoms with E-state index in [4.69, 9.17) is 0 Å². The van der Waals surface area contributed by atoms with E-state index in [0.717, 1.165) is 18.8 Å². The number of aromatic nitrogens is 1. The molecule has 1 fully saturated rings. The number of hydrogen-bond donors (Lipinski definition) is 1. The maximum atomic E-state index is 4.30. The molecule has 1 aliphatic rings. The second-order valence-corrected chi connectivity index (χ2v) is 5.44. The summed E-state index contributed by atoms with van der Waals surface area (Å²) in [6.45, 7) is 2.01. The molecule has 1 heterocycles. The van der Waals surface area contributed by atoms with E-state index in [9.17, 15) is 0 Å². The van der Waals surface area contributed by atoms with Gasteiger partial charge in [-0.3, -0.25) is 4.98 Å². The highest BCUT2D eigenvalue weighted by Crippen LogP contribution is 2.42. The first kappa shape index (κ1) is 11.0. The van der Waals surface area contributed by atoms with Crippen LogP contribution in [-0.4, -0.2) is 22.5 Å². The van der Waals surface area contributed by atoms with E-state index in [1.807, 2.05) is 30.1 Å². The normalized spacial score (nSPS) is 18.5. The molecule has 1 aliphatic carbocycles. The first-order chi connectivity index (χ1) is 7.35. The molecule has 1 aromatic heterocycles. The Morgan fingerprint density at radius 2 is 2.33 bits per heavy atom. The van der Waals surface area contributed by atoms with Gasteiger partial charge in [0.15, 0.2) is 0 Å². The van der Waals surface area contributed by atoms with Crippen molar-refractivity contribution < 1.29 is 0 Å². The van der Waals surface area contributed by atoms with Crippen molar-refractivity contribution in [3.8, 4) is 0 Å². The van der Waals surface area contributed by atoms with E-state index in [1.165, 1.54) is 19.3 Å². The molecule has 1 N–H and O–H groups in total. The second kappa shape index (κ2) is 4.99. The van der Waals surface area contributed by atoms with Gasteiger partial charge in [-0.15, -0.1) is 0 Å². The van der Waals surface area contributed by atoms with Crippen LogP contribution in [0, 0.1) is 0 Å². The third kappa shape index (κ3) is 2.73. The van der Waals surface area contributed by atoms with Crippen LogP contribution in [0.3, 0.4) is 0 Å². The smallest absolute Gasteiger partial charge is 0.0541 e. The molecule has 0 saturated heterocycles. The number of hydrogen-bond acceptors (Lipinski definition) is 3. The third-order valence-electron chi connectivity index (χ3n) is 3.18. The summed E-state index contributed by atoms with van der Waals surface area (Å²) >= 11 is 2.01. The van der Waals surface area contributed by atoms with E-state index in [1.54, 1.807) is 0 Å². The highest BCUT2D eigenvalue weighted by Gasteiger charge is 2.35. The lowest BCUT2D eigenvalue weighted by Crippen LogP contribution is -2.43. The van der Waals surface area contributed by atoms with Crippen molar-refractivity contribution in [2.45, 2.75) is 30.6 Å². The van der Waals surface area contributed by atoms with Gasteiger partial charge in [-0.25, -0.2) is 0 Å². The van der Waals surface area contributed by atoms with Gasteiger partial charge in [0.1, 0.15) is 0 Å². The van der Waals surface area contributed by atoms with E-state index in [2.05, 4.69) is 22.6 Å². The van der Waals surface area contributed by atoms with E-state index < -0.39 is 0 Å². The molecule has 15 heavy (non-hydrogen) atoms. The van der Waals surface area contributed by atoms with Crippen LogP contribution in [0.5, 0.6) is 0 Å². The van der Waals surface area contributed by atoms with Gasteiger partial charge in [0.25, 0.3) is 0 Å². The lowest BCUT2D eigenvalue weighted by molar-refractivity contribution is 0.345. The van der Waals surface area contributed by atoms with Gasteiger partial charge >= 0.3 is 0 Å². The molecular formula is C12H18N2S. The molecule has 0 bridgehead atoms. The molecule has 82 valence electrons. The fraction of sp³-hybridized carbons (Fsp3) is 0.583. The molecule has 0 amide bonds. The summed E-state index contributed by atoms with van der Waals surface area (Å²) in [7, 11) is 0. The Bertz CT molecular complexity index is 290. The number of nitrogens with one attached hydrogen (secondary N) is 1. The van der Waals surface area contributed by atoms with Gasteiger partial charge in [0, 0.05) is 24.0 Å². The molecule has 0 spiro atoms. The Balaban J connectivity index is 1.75. The van der Waals surface area contributed by atoms with Crippen molar-refractivity contribution in [3.05, 3.63) is 30.1 Å². The summed E-state index contributed by atoms with van der Waals surface area (Å²) in [5, 5.41) is 3.51. The first-order valence-corrected chi connectivity index (χ1v) is 6.73. The predicted octanol–water partition coefficient (Wildman–Crippen LogP) is 2.46. The summed E-state index contributed by atoms with van der Waals surface area (Å²) in [5.41, 5.74) is 1.13. The molecule has 0 atom stereocenters. The quantitative estimate of drug-likeness (QED) is 0.828. The highest BCUT2D eigenvalue weighted by atomic mass is 32.2. The van der Waals surface area contributed by atoms with Crippen LogP contribution in [0.25, 0.3) is 0 Å². The number of thioether (sulfide) groups is 1. The first-order valence-electron chi connectivity index (χ1n) is 5.50. The third-order valence-corrected chi connectivity index (χ3v) is 4.60. The maximum Gasteiger partial charge on any atom is 0.0541 e. The molecule has 0 aromatic carbocycles. The van der Waals surface area contributed by atoms with Crippen molar-refractivity contribution in [1.82, 2.24) is 10.3 Å². The average Bonchev–Trinajstić information content (AvgIpc) is 2.24. The summed E-state index contributed by atoms with van der Waals surface area (Å²) < 4.78 is 0.523. The lowest BCUT2D eigenvalue weighted by atomic mass is 9.84. The van der Waals surface area contributed by atoms with Crippen LogP contribution in [0.2, 0.25) is 0 Å². The SMILES string of the molecule is CSC1(CNCc2ccccn2)CCC1. The van der Waals surface area contributed by atoms with Crippen LogP contribution in [0.1, 0.15) is 25.0 Å². The van der Waals surface area contributed by atoms with Crippen LogP contribution < -0.4 is 5.32 Å². The van der Waals surface area contributed by atoms with Crippen LogP contribution >= 0.6 is 11.8 Å². The molecular weight excluding hydrogens is 204 g/mol. The topological polar surface area (TPSA) is 24.9 Å². The van der Waals surface area contributed by atoms with Crippen molar-refractivity contribution in [1.29, 1.82) is 0 Å². The maximum absolute atomic E-state index is 4.30. The van der Waals surface area contributed by atoms with E-state index in [-0.39, 0.29) is 0 Å². The van der Waals surface area contributed by atoms with Gasteiger partial charge in [0.05, 0.1) is 5.69 Å². The van der Waals surface area contributed by atoms with Gasteiger partial charge in [0.2, 0.25) is 0 Å². The zero-order chi connectivity index (χ0) is 10.6. The molecule has 0 radical (unpaired) electrons. The van der Waals surface area contributed by atoms with Gasteiger partial charge in [-0.05, 0) is 31.2 Å². The summed E-state index contributed by atoms with van der Waals surface area (Å²) in [6.07, 6.45) is 8.20. The highest BCUT2D eigenvalue weighted by molar-refractivity contribution is 8.00. The predicted molar refractivity (Wildman–Crippen MR) is 66.0 cm³/mol. The van der Waals surface area contributed by atoms with Crippen LogP contribution in [0.15, 0.2) is 24.4 Å². The number of rotatable bonds is 5. The lowest BCUT2D eigenvalue weighted by Gasteiger charge is -2.40. The van der Waals surface area contributed by atoms with Crippen molar-refractivity contribution in [2.24, 2.45) is 0 Å². The van der Waals surface area contributed by atoms with Crippen LogP contribution in [-0.2, 0) is 6.54 Å². The number of nitrogens with zero attached hydrogens (tertiary/aromatic N) is 1. The summed E-state index contributed by atoms with van der Waals surface area (Å²) in [4.78, 5) is 4.30. The average molecular weight is 222 g/mol. The summed E-state index contributed by atoms with van der Waals surface area (Å²) in [6, 6.07) is 6.07. The molecule has 0 unspecified atom stereocenters. The zero-order valence-electron chi connectivity index (χ0n) is 9.20. The number of pyridine rings is 1. The Hall–Kier alpha value is -0.540. The molecule has 1 saturated carbocycles. The Kier molecular flexibility index (Phi) is 3.65. The molecule has 2 rings (SSSR count). The Labute approximate surface area is 95.9 Å². The largest absolute Gasteiger partial charge is 0.310 e. The monoisotopic (exact) mass is 222 g/mol. The van der Waals surface area contributed by atoms with Crippen molar-refractivity contribution >= 4 is 11.8 Å². The molecule has 1 aromatic rings. The summed E-state index contributed by atoms with van der Waals surface area (Å²) in [5.74, 6) is 0. The van der Waals surface area contributed by atoms with Gasteiger partial charge in [-0.2, -0.15) is 11.8 Å². The minimum Gasteiger partial charge on any atom is -0.310 e. The fourth-order valence-corrected chi connectivity index (χ4v) is 2.89. The van der Waals surface area contributed by atoms with E-state index >= 15 is 0 Å². The Morgan fingerprint density at radius 1 is 1.47 bits per heavy atom. The molecule has 3 heteroatoms. The Morgan fingerprint density at radius 3 is 2.87 bits per heavy atom. The zero-order valence-corrected chi connectivity index (χ0v) is 10.0. The van der Waals surface area contributed by atoms with Crippen molar-refractivity contribution in [2.75, 3.05) is 12.8 Å². The minimum absolute atomic E-state index is 0.523. The van der Waals surface area contributed by atoms with E-state index in [0.29, 0.717) is 4.75 Å². The molecule has 0 aliphatic heterocycles. The van der Waals surface area contributed by atoms with Crippen LogP contribution in [0.4, 0.5) is 0 Å². The van der Waals surface area contributed by atoms with Crippen molar-refractivity contribution in [3.63, 3.8) is 0 Å². The molecule has 2 nitrogen and oxygen atoms in total. The van der Waals surface area contributed by atoms with Gasteiger partial charge in [-0.1, -0.05) is 12.5 Å². The fourth-order valence-electron chi connectivity index (χ4n) is 1.95. The standard InChI is InChI=1S/C12H18N2S/c1-15-12(6-4-7-12)10-13-9-11-5-2-3-8-14-11/h2-3,5,8,13H,4,6-7,9-10H2,1H3. The second-order valence-electron chi connectivity index (χ2n) is 4.17. The van der Waals surface area contributed by atoms with Gasteiger partial charge < -0.3 is 5.32 Å². The minimum atomic E-state index is 0.523.